The Morgan fingerprint density at radius 1 is 1.11 bits per heavy atom. The molecule has 4 rings (SSSR count). The highest BCUT2D eigenvalue weighted by atomic mass is 32.1. The quantitative estimate of drug-likeness (QED) is 0.691. The second kappa shape index (κ2) is 8.03. The Hall–Kier alpha value is -2.49. The topological polar surface area (TPSA) is 56.0 Å². The molecule has 3 heterocycles. The fraction of sp³-hybridized carbons (Fsp3) is 0.381. The maximum absolute atomic E-state index is 8.94. The lowest BCUT2D eigenvalue weighted by Crippen LogP contribution is -2.31. The predicted molar refractivity (Wildman–Crippen MR) is 110 cm³/mol. The van der Waals surface area contributed by atoms with Crippen LogP contribution in [0.1, 0.15) is 29.3 Å². The summed E-state index contributed by atoms with van der Waals surface area (Å²) in [4.78, 5) is 16.4. The lowest BCUT2D eigenvalue weighted by Gasteiger charge is -2.23. The minimum Gasteiger partial charge on any atom is -0.355 e. The molecule has 27 heavy (non-hydrogen) atoms. The first-order valence-corrected chi connectivity index (χ1v) is 10.3. The zero-order valence-electron chi connectivity index (χ0n) is 15.6. The van der Waals surface area contributed by atoms with Crippen LogP contribution in [0.25, 0.3) is 10.2 Å². The molecule has 1 aliphatic rings. The molecule has 1 saturated heterocycles. The molecule has 0 amide bonds. The molecule has 2 aromatic heterocycles. The van der Waals surface area contributed by atoms with Crippen LogP contribution in [-0.2, 0) is 13.0 Å². The van der Waals surface area contributed by atoms with Crippen LogP contribution in [0.5, 0.6) is 0 Å². The Labute approximate surface area is 163 Å². The highest BCUT2D eigenvalue weighted by Gasteiger charge is 2.19. The number of nitrogens with zero attached hydrogens (tertiary/aromatic N) is 5. The molecule has 1 fully saturated rings. The van der Waals surface area contributed by atoms with Gasteiger partial charge in [0, 0.05) is 37.6 Å². The Bertz CT molecular complexity index is 957. The molecule has 0 radical (unpaired) electrons. The van der Waals surface area contributed by atoms with Gasteiger partial charge in [-0.05, 0) is 36.6 Å². The van der Waals surface area contributed by atoms with E-state index in [4.69, 9.17) is 5.26 Å². The van der Waals surface area contributed by atoms with Crippen LogP contribution in [0.15, 0.2) is 36.7 Å². The van der Waals surface area contributed by atoms with Crippen LogP contribution in [0.4, 0.5) is 5.82 Å². The summed E-state index contributed by atoms with van der Waals surface area (Å²) in [6, 6.07) is 12.4. The standard InChI is InChI=1S/C21H23N5S/c1-2-18-12-19-20(23-15-24-21(19)27-18)26-9-3-8-25(10-11-26)14-17-6-4-16(13-22)5-7-17/h4-7,12,15H,2-3,8-11,14H2,1H3. The van der Waals surface area contributed by atoms with Crippen LogP contribution < -0.4 is 4.90 Å². The van der Waals surface area contributed by atoms with Gasteiger partial charge in [-0.2, -0.15) is 5.26 Å². The second-order valence-electron chi connectivity index (χ2n) is 6.91. The largest absolute Gasteiger partial charge is 0.355 e. The van der Waals surface area contributed by atoms with E-state index in [0.717, 1.165) is 61.8 Å². The molecular formula is C21H23N5S. The lowest BCUT2D eigenvalue weighted by molar-refractivity contribution is 0.285. The van der Waals surface area contributed by atoms with Crippen molar-refractivity contribution in [1.29, 1.82) is 5.26 Å². The lowest BCUT2D eigenvalue weighted by atomic mass is 10.1. The third kappa shape index (κ3) is 3.95. The molecule has 6 heteroatoms. The molecule has 1 aliphatic heterocycles. The van der Waals surface area contributed by atoms with Gasteiger partial charge < -0.3 is 4.90 Å². The number of hydrogen-bond donors (Lipinski definition) is 0. The fourth-order valence-corrected chi connectivity index (χ4v) is 4.53. The van der Waals surface area contributed by atoms with Gasteiger partial charge in [0.2, 0.25) is 0 Å². The van der Waals surface area contributed by atoms with Gasteiger partial charge in [0.15, 0.2) is 0 Å². The molecule has 5 nitrogen and oxygen atoms in total. The zero-order valence-corrected chi connectivity index (χ0v) is 16.4. The van der Waals surface area contributed by atoms with Gasteiger partial charge in [0.05, 0.1) is 17.0 Å². The van der Waals surface area contributed by atoms with E-state index in [2.05, 4.69) is 51.0 Å². The van der Waals surface area contributed by atoms with Gasteiger partial charge >= 0.3 is 0 Å². The van der Waals surface area contributed by atoms with E-state index in [9.17, 15) is 0 Å². The molecule has 3 aromatic rings. The Morgan fingerprint density at radius 2 is 1.96 bits per heavy atom. The predicted octanol–water partition coefficient (Wildman–Crippen LogP) is 3.84. The van der Waals surface area contributed by atoms with Gasteiger partial charge in [-0.25, -0.2) is 9.97 Å². The summed E-state index contributed by atoms with van der Waals surface area (Å²) in [5, 5.41) is 10.1. The summed E-state index contributed by atoms with van der Waals surface area (Å²) < 4.78 is 0. The minimum atomic E-state index is 0.718. The number of rotatable bonds is 4. The highest BCUT2D eigenvalue weighted by Crippen LogP contribution is 2.31. The van der Waals surface area contributed by atoms with Crippen molar-refractivity contribution in [1.82, 2.24) is 14.9 Å². The van der Waals surface area contributed by atoms with Gasteiger partial charge in [-0.3, -0.25) is 4.90 Å². The maximum Gasteiger partial charge on any atom is 0.140 e. The molecule has 138 valence electrons. The molecule has 0 N–H and O–H groups in total. The smallest absolute Gasteiger partial charge is 0.140 e. The van der Waals surface area contributed by atoms with Crippen molar-refractivity contribution in [2.45, 2.75) is 26.3 Å². The van der Waals surface area contributed by atoms with Crippen LogP contribution >= 0.6 is 11.3 Å². The number of aromatic nitrogens is 2. The van der Waals surface area contributed by atoms with E-state index >= 15 is 0 Å². The van der Waals surface area contributed by atoms with E-state index in [0.29, 0.717) is 0 Å². The molecule has 0 bridgehead atoms. The average Bonchev–Trinajstić information content (AvgIpc) is 3.01. The SMILES string of the molecule is CCc1cc2c(N3CCCN(Cc4ccc(C#N)cc4)CC3)ncnc2s1. The first kappa shape index (κ1) is 17.9. The van der Waals surface area contributed by atoms with Crippen molar-refractivity contribution in [2.75, 3.05) is 31.1 Å². The molecule has 1 aromatic carbocycles. The van der Waals surface area contributed by atoms with Crippen molar-refractivity contribution >= 4 is 27.4 Å². The second-order valence-corrected chi connectivity index (χ2v) is 8.02. The summed E-state index contributed by atoms with van der Waals surface area (Å²) in [6.45, 7) is 7.19. The monoisotopic (exact) mass is 377 g/mol. The van der Waals surface area contributed by atoms with E-state index in [-0.39, 0.29) is 0 Å². The molecule has 0 spiro atoms. The third-order valence-electron chi connectivity index (χ3n) is 5.09. The van der Waals surface area contributed by atoms with Crippen LogP contribution in [0.2, 0.25) is 0 Å². The van der Waals surface area contributed by atoms with Gasteiger partial charge in [0.25, 0.3) is 0 Å². The van der Waals surface area contributed by atoms with E-state index < -0.39 is 0 Å². The molecular weight excluding hydrogens is 354 g/mol. The molecule has 0 atom stereocenters. The Balaban J connectivity index is 1.47. The first-order valence-electron chi connectivity index (χ1n) is 9.46. The molecule has 0 unspecified atom stereocenters. The van der Waals surface area contributed by atoms with Crippen molar-refractivity contribution < 1.29 is 0 Å². The summed E-state index contributed by atoms with van der Waals surface area (Å²) >= 11 is 1.77. The zero-order chi connectivity index (χ0) is 18.6. The Kier molecular flexibility index (Phi) is 5.33. The first-order chi connectivity index (χ1) is 13.3. The number of fused-ring (bicyclic) bond motifs is 1. The van der Waals surface area contributed by atoms with Crippen molar-refractivity contribution in [3.8, 4) is 6.07 Å². The fourth-order valence-electron chi connectivity index (χ4n) is 3.60. The van der Waals surface area contributed by atoms with E-state index in [1.807, 2.05) is 12.1 Å². The summed E-state index contributed by atoms with van der Waals surface area (Å²) in [7, 11) is 0. The van der Waals surface area contributed by atoms with Crippen molar-refractivity contribution in [2.24, 2.45) is 0 Å². The minimum absolute atomic E-state index is 0.718. The third-order valence-corrected chi connectivity index (χ3v) is 6.27. The van der Waals surface area contributed by atoms with Crippen LogP contribution in [0.3, 0.4) is 0 Å². The number of aryl methyl sites for hydroxylation is 1. The number of benzene rings is 1. The molecule has 0 saturated carbocycles. The highest BCUT2D eigenvalue weighted by molar-refractivity contribution is 7.18. The van der Waals surface area contributed by atoms with E-state index in [1.165, 1.54) is 15.8 Å². The average molecular weight is 378 g/mol. The van der Waals surface area contributed by atoms with Gasteiger partial charge in [-0.15, -0.1) is 11.3 Å². The number of anilines is 1. The summed E-state index contributed by atoms with van der Waals surface area (Å²) in [6.07, 6.45) is 3.86. The van der Waals surface area contributed by atoms with E-state index in [1.54, 1.807) is 17.7 Å². The van der Waals surface area contributed by atoms with Gasteiger partial charge in [-0.1, -0.05) is 19.1 Å². The number of thiophene rings is 1. The van der Waals surface area contributed by atoms with Crippen LogP contribution in [0, 0.1) is 11.3 Å². The summed E-state index contributed by atoms with van der Waals surface area (Å²) in [5.74, 6) is 1.08. The van der Waals surface area contributed by atoms with Crippen LogP contribution in [-0.4, -0.2) is 41.0 Å². The number of nitriles is 1. The van der Waals surface area contributed by atoms with Crippen molar-refractivity contribution in [3.05, 3.63) is 52.7 Å². The van der Waals surface area contributed by atoms with Crippen molar-refractivity contribution in [3.63, 3.8) is 0 Å². The maximum atomic E-state index is 8.94. The number of hydrogen-bond acceptors (Lipinski definition) is 6. The Morgan fingerprint density at radius 3 is 2.74 bits per heavy atom. The molecule has 0 aliphatic carbocycles. The normalized spacial score (nSPS) is 15.6. The summed E-state index contributed by atoms with van der Waals surface area (Å²) in [5.41, 5.74) is 1.98. The van der Waals surface area contributed by atoms with Gasteiger partial charge in [0.1, 0.15) is 17.0 Å².